The van der Waals surface area contributed by atoms with E-state index < -0.39 is 11.4 Å². The van der Waals surface area contributed by atoms with Gasteiger partial charge in [-0.05, 0) is 65.5 Å². The number of aliphatic hydroxyl groups is 1. The molecule has 0 atom stereocenters. The number of rotatable bonds is 6. The molecular weight excluding hydrogens is 460 g/mol. The Morgan fingerprint density at radius 2 is 2.00 bits per heavy atom. The molecule has 184 valence electrons. The smallest absolute Gasteiger partial charge is 0.410 e. The normalized spacial score (nSPS) is 18.0. The van der Waals surface area contributed by atoms with Crippen molar-refractivity contribution in [2.24, 2.45) is 0 Å². The van der Waals surface area contributed by atoms with Gasteiger partial charge in [0.15, 0.2) is 5.79 Å². The van der Waals surface area contributed by atoms with E-state index in [-0.39, 0.29) is 11.5 Å². The molecule has 1 N–H and O–H groups in total. The summed E-state index contributed by atoms with van der Waals surface area (Å²) in [6.45, 7) is 10.0. The van der Waals surface area contributed by atoms with Crippen LogP contribution in [0.5, 0.6) is 0 Å². The van der Waals surface area contributed by atoms with Gasteiger partial charge in [0.25, 0.3) is 0 Å². The molecule has 1 fully saturated rings. The zero-order chi connectivity index (χ0) is 24.7. The standard InChI is InChI=1S/C24H31ClN4O5/c1-22(2,3)34-21(30)29-10-6-15(7-11-29)18-17(25)12-16(13-26-18)19-27-28-20(33-19)24(8-9-24)14-32-23(4,5)31/h6,12-13,31H,7-11,14H2,1-5H3. The summed E-state index contributed by atoms with van der Waals surface area (Å²) in [5, 5.41) is 18.7. The maximum absolute atomic E-state index is 12.3. The molecule has 10 heteroatoms. The lowest BCUT2D eigenvalue weighted by Crippen LogP contribution is -2.39. The van der Waals surface area contributed by atoms with Crippen LogP contribution >= 0.6 is 11.6 Å². The fraction of sp³-hybridized carbons (Fsp3) is 0.583. The molecule has 2 aromatic heterocycles. The second-order valence-corrected chi connectivity index (χ2v) is 10.8. The molecule has 1 aliphatic heterocycles. The Morgan fingerprint density at radius 1 is 1.26 bits per heavy atom. The summed E-state index contributed by atoms with van der Waals surface area (Å²) in [4.78, 5) is 18.5. The number of amides is 1. The lowest BCUT2D eigenvalue weighted by molar-refractivity contribution is -0.181. The van der Waals surface area contributed by atoms with Gasteiger partial charge in [0, 0.05) is 19.3 Å². The van der Waals surface area contributed by atoms with Gasteiger partial charge in [0.2, 0.25) is 11.8 Å². The van der Waals surface area contributed by atoms with Gasteiger partial charge in [0.1, 0.15) is 5.60 Å². The Morgan fingerprint density at radius 3 is 2.56 bits per heavy atom. The summed E-state index contributed by atoms with van der Waals surface area (Å²) in [6.07, 6.45) is 5.62. The fourth-order valence-corrected chi connectivity index (χ4v) is 3.90. The maximum Gasteiger partial charge on any atom is 0.410 e. The number of hydrogen-bond acceptors (Lipinski definition) is 8. The average molecular weight is 491 g/mol. The van der Waals surface area contributed by atoms with Gasteiger partial charge in [-0.25, -0.2) is 4.79 Å². The Bertz CT molecular complexity index is 1100. The Labute approximate surface area is 204 Å². The molecule has 2 aliphatic rings. The van der Waals surface area contributed by atoms with Crippen LogP contribution in [-0.4, -0.2) is 62.4 Å². The van der Waals surface area contributed by atoms with Crippen molar-refractivity contribution in [2.75, 3.05) is 19.7 Å². The number of pyridine rings is 1. The average Bonchev–Trinajstić information content (AvgIpc) is 3.37. The maximum atomic E-state index is 12.3. The van der Waals surface area contributed by atoms with Crippen molar-refractivity contribution in [1.29, 1.82) is 0 Å². The first-order chi connectivity index (χ1) is 15.9. The van der Waals surface area contributed by atoms with Crippen molar-refractivity contribution in [2.45, 2.75) is 70.7 Å². The van der Waals surface area contributed by atoms with E-state index in [2.05, 4.69) is 15.2 Å². The van der Waals surface area contributed by atoms with Gasteiger partial charge in [-0.3, -0.25) is 4.98 Å². The number of hydrogen-bond donors (Lipinski definition) is 1. The molecule has 3 heterocycles. The second-order valence-electron chi connectivity index (χ2n) is 10.4. The van der Waals surface area contributed by atoms with E-state index >= 15 is 0 Å². The third-order valence-corrected chi connectivity index (χ3v) is 5.98. The van der Waals surface area contributed by atoms with Crippen LogP contribution in [0.25, 0.3) is 17.0 Å². The number of aromatic nitrogens is 3. The third kappa shape index (κ3) is 5.76. The van der Waals surface area contributed by atoms with Gasteiger partial charge in [-0.1, -0.05) is 17.7 Å². The van der Waals surface area contributed by atoms with E-state index in [0.717, 1.165) is 18.4 Å². The lowest BCUT2D eigenvalue weighted by Gasteiger charge is -2.29. The minimum absolute atomic E-state index is 0.310. The van der Waals surface area contributed by atoms with Crippen LogP contribution in [0.2, 0.25) is 5.02 Å². The molecule has 0 aromatic carbocycles. The Balaban J connectivity index is 1.44. The first-order valence-corrected chi connectivity index (χ1v) is 11.8. The summed E-state index contributed by atoms with van der Waals surface area (Å²) in [7, 11) is 0. The van der Waals surface area contributed by atoms with Crippen LogP contribution in [-0.2, 0) is 14.9 Å². The molecule has 0 bridgehead atoms. The minimum atomic E-state index is -1.22. The monoisotopic (exact) mass is 490 g/mol. The summed E-state index contributed by atoms with van der Waals surface area (Å²) in [6, 6.07) is 1.76. The van der Waals surface area contributed by atoms with E-state index in [1.165, 1.54) is 0 Å². The predicted molar refractivity (Wildman–Crippen MR) is 126 cm³/mol. The van der Waals surface area contributed by atoms with Gasteiger partial charge < -0.3 is 23.9 Å². The SMILES string of the molecule is CC(C)(C)OC(=O)N1CC=C(c2ncc(-c3nnc(C4(COC(C)(C)O)CC4)o3)cc2Cl)CC1. The quantitative estimate of drug-likeness (QED) is 0.585. The van der Waals surface area contributed by atoms with Crippen molar-refractivity contribution >= 4 is 23.3 Å². The Hall–Kier alpha value is -2.49. The largest absolute Gasteiger partial charge is 0.444 e. The number of carbonyl (C=O) groups excluding carboxylic acids is 1. The molecule has 1 amide bonds. The van der Waals surface area contributed by atoms with Crippen molar-refractivity contribution in [3.63, 3.8) is 0 Å². The molecule has 0 saturated heterocycles. The van der Waals surface area contributed by atoms with E-state index in [1.54, 1.807) is 31.0 Å². The molecule has 4 rings (SSSR count). The summed E-state index contributed by atoms with van der Waals surface area (Å²) in [5.74, 6) is -0.396. The second kappa shape index (κ2) is 8.94. The zero-order valence-electron chi connectivity index (χ0n) is 20.2. The van der Waals surface area contributed by atoms with E-state index in [1.807, 2.05) is 26.8 Å². The highest BCUT2D eigenvalue weighted by molar-refractivity contribution is 6.32. The molecular formula is C24H31ClN4O5. The van der Waals surface area contributed by atoms with Gasteiger partial charge in [-0.2, -0.15) is 0 Å². The van der Waals surface area contributed by atoms with Crippen LogP contribution < -0.4 is 0 Å². The van der Waals surface area contributed by atoms with E-state index in [9.17, 15) is 9.90 Å². The van der Waals surface area contributed by atoms with Crippen LogP contribution in [0.15, 0.2) is 22.8 Å². The van der Waals surface area contributed by atoms with Crippen molar-refractivity contribution in [3.8, 4) is 11.5 Å². The van der Waals surface area contributed by atoms with Crippen LogP contribution in [0, 0.1) is 0 Å². The highest BCUT2D eigenvalue weighted by Crippen LogP contribution is 2.48. The van der Waals surface area contributed by atoms with Crippen molar-refractivity contribution < 1.29 is 23.8 Å². The lowest BCUT2D eigenvalue weighted by atomic mass is 10.0. The van der Waals surface area contributed by atoms with Crippen LogP contribution in [0.3, 0.4) is 0 Å². The topological polar surface area (TPSA) is 111 Å². The van der Waals surface area contributed by atoms with Crippen LogP contribution in [0.1, 0.15) is 65.5 Å². The molecule has 9 nitrogen and oxygen atoms in total. The molecule has 0 radical (unpaired) electrons. The summed E-state index contributed by atoms with van der Waals surface area (Å²) >= 11 is 6.56. The number of halogens is 1. The Kier molecular flexibility index (Phi) is 6.48. The molecule has 1 saturated carbocycles. The first kappa shape index (κ1) is 24.6. The van der Waals surface area contributed by atoms with Crippen molar-refractivity contribution in [3.05, 3.63) is 34.9 Å². The van der Waals surface area contributed by atoms with E-state index in [0.29, 0.717) is 54.2 Å². The molecule has 0 unspecified atom stereocenters. The fourth-order valence-electron chi connectivity index (χ4n) is 3.61. The number of nitrogens with zero attached hydrogens (tertiary/aromatic N) is 4. The van der Waals surface area contributed by atoms with Gasteiger partial charge in [0.05, 0.1) is 28.3 Å². The number of ether oxygens (including phenoxy) is 2. The number of carbonyl (C=O) groups is 1. The highest BCUT2D eigenvalue weighted by atomic mass is 35.5. The minimum Gasteiger partial charge on any atom is -0.444 e. The molecule has 1 aliphatic carbocycles. The third-order valence-electron chi connectivity index (χ3n) is 5.69. The van der Waals surface area contributed by atoms with Gasteiger partial charge in [-0.15, -0.1) is 10.2 Å². The van der Waals surface area contributed by atoms with E-state index in [4.69, 9.17) is 25.5 Å². The predicted octanol–water partition coefficient (Wildman–Crippen LogP) is 4.59. The highest BCUT2D eigenvalue weighted by Gasteiger charge is 2.50. The molecule has 2 aromatic rings. The molecule has 34 heavy (non-hydrogen) atoms. The summed E-state index contributed by atoms with van der Waals surface area (Å²) < 4.78 is 16.9. The van der Waals surface area contributed by atoms with Crippen molar-refractivity contribution in [1.82, 2.24) is 20.1 Å². The van der Waals surface area contributed by atoms with Gasteiger partial charge >= 0.3 is 6.09 Å². The zero-order valence-corrected chi connectivity index (χ0v) is 21.0. The summed E-state index contributed by atoms with van der Waals surface area (Å²) in [5.41, 5.74) is 1.39. The first-order valence-electron chi connectivity index (χ1n) is 11.4. The molecule has 0 spiro atoms. The van der Waals surface area contributed by atoms with Crippen LogP contribution in [0.4, 0.5) is 4.79 Å².